The van der Waals surface area contributed by atoms with Gasteiger partial charge in [0.1, 0.15) is 0 Å². The number of aliphatic hydroxyl groups excluding tert-OH is 2. The first-order valence-electron chi connectivity index (χ1n) is 7.56. The SMILES string of the molecule is OC[C@@H]1CCCN(C[C@@H](O)Cc2ccccc2C(F)(F)F)C1. The monoisotopic (exact) mass is 317 g/mol. The Hall–Kier alpha value is -1.11. The smallest absolute Gasteiger partial charge is 0.396 e. The summed E-state index contributed by atoms with van der Waals surface area (Å²) >= 11 is 0. The van der Waals surface area contributed by atoms with E-state index in [-0.39, 0.29) is 24.5 Å². The van der Waals surface area contributed by atoms with Crippen LogP contribution in [0.25, 0.3) is 0 Å². The number of β-amino-alcohol motifs (C(OH)–C–C–N with tert-alkyl or cyclic N) is 1. The summed E-state index contributed by atoms with van der Waals surface area (Å²) in [4.78, 5) is 2.02. The molecule has 124 valence electrons. The van der Waals surface area contributed by atoms with Crippen molar-refractivity contribution in [3.63, 3.8) is 0 Å². The van der Waals surface area contributed by atoms with Gasteiger partial charge in [0, 0.05) is 26.1 Å². The molecule has 0 spiro atoms. The van der Waals surface area contributed by atoms with Gasteiger partial charge < -0.3 is 15.1 Å². The Morgan fingerprint density at radius 2 is 2.00 bits per heavy atom. The van der Waals surface area contributed by atoms with E-state index >= 15 is 0 Å². The normalized spacial score (nSPS) is 21.8. The maximum atomic E-state index is 12.9. The third-order valence-corrected chi connectivity index (χ3v) is 4.11. The molecule has 0 bridgehead atoms. The van der Waals surface area contributed by atoms with Gasteiger partial charge in [0.05, 0.1) is 11.7 Å². The van der Waals surface area contributed by atoms with Gasteiger partial charge in [-0.2, -0.15) is 13.2 Å². The van der Waals surface area contributed by atoms with Crippen molar-refractivity contribution in [1.82, 2.24) is 4.90 Å². The van der Waals surface area contributed by atoms with Gasteiger partial charge in [-0.1, -0.05) is 18.2 Å². The van der Waals surface area contributed by atoms with Crippen LogP contribution in [0.1, 0.15) is 24.0 Å². The van der Waals surface area contributed by atoms with E-state index in [1.165, 1.54) is 12.1 Å². The van der Waals surface area contributed by atoms with Gasteiger partial charge in [0.15, 0.2) is 0 Å². The number of likely N-dealkylation sites (tertiary alicyclic amines) is 1. The predicted molar refractivity (Wildman–Crippen MR) is 77.4 cm³/mol. The standard InChI is InChI=1S/C16H22F3NO2/c17-16(18,19)15-6-2-1-5-13(15)8-14(22)10-20-7-3-4-12(9-20)11-21/h1-2,5-6,12,14,21-22H,3-4,7-11H2/t12-,14+/m1/s1. The molecule has 22 heavy (non-hydrogen) atoms. The van der Waals surface area contributed by atoms with E-state index in [1.807, 2.05) is 4.90 Å². The number of halogens is 3. The average molecular weight is 317 g/mol. The number of hydrogen-bond acceptors (Lipinski definition) is 3. The second-order valence-electron chi connectivity index (χ2n) is 5.96. The molecule has 0 saturated carbocycles. The van der Waals surface area contributed by atoms with Gasteiger partial charge in [0.25, 0.3) is 0 Å². The van der Waals surface area contributed by atoms with E-state index in [0.717, 1.165) is 25.5 Å². The number of aliphatic hydroxyl groups is 2. The molecule has 0 aliphatic carbocycles. The first kappa shape index (κ1) is 17.2. The number of alkyl halides is 3. The van der Waals surface area contributed by atoms with Crippen molar-refractivity contribution in [3.05, 3.63) is 35.4 Å². The van der Waals surface area contributed by atoms with Gasteiger partial charge >= 0.3 is 6.18 Å². The zero-order valence-corrected chi connectivity index (χ0v) is 12.4. The zero-order valence-electron chi connectivity index (χ0n) is 12.4. The highest BCUT2D eigenvalue weighted by molar-refractivity contribution is 5.30. The summed E-state index contributed by atoms with van der Waals surface area (Å²) in [6.45, 7) is 1.95. The summed E-state index contributed by atoms with van der Waals surface area (Å²) in [6.07, 6.45) is -3.36. The van der Waals surface area contributed by atoms with Crippen LogP contribution >= 0.6 is 0 Å². The fourth-order valence-electron chi connectivity index (χ4n) is 3.06. The summed E-state index contributed by atoms with van der Waals surface area (Å²) < 4.78 is 38.8. The molecular weight excluding hydrogens is 295 g/mol. The third kappa shape index (κ3) is 4.69. The Bertz CT molecular complexity index is 479. The number of rotatable bonds is 5. The molecule has 1 aromatic rings. The van der Waals surface area contributed by atoms with Crippen molar-refractivity contribution < 1.29 is 23.4 Å². The van der Waals surface area contributed by atoms with E-state index in [4.69, 9.17) is 0 Å². The van der Waals surface area contributed by atoms with Crippen LogP contribution in [0.3, 0.4) is 0 Å². The van der Waals surface area contributed by atoms with Crippen LogP contribution in [0.5, 0.6) is 0 Å². The Morgan fingerprint density at radius 3 is 2.68 bits per heavy atom. The van der Waals surface area contributed by atoms with E-state index in [1.54, 1.807) is 6.07 Å². The minimum absolute atomic E-state index is 0.0179. The van der Waals surface area contributed by atoms with Gasteiger partial charge in [-0.05, 0) is 36.9 Å². The van der Waals surface area contributed by atoms with Crippen molar-refractivity contribution in [2.45, 2.75) is 31.5 Å². The Kier molecular flexibility index (Phi) is 5.83. The third-order valence-electron chi connectivity index (χ3n) is 4.11. The molecule has 1 saturated heterocycles. The van der Waals surface area contributed by atoms with Gasteiger partial charge in [0.2, 0.25) is 0 Å². The molecular formula is C16H22F3NO2. The summed E-state index contributed by atoms with van der Waals surface area (Å²) in [7, 11) is 0. The number of hydrogen-bond donors (Lipinski definition) is 2. The van der Waals surface area contributed by atoms with Crippen LogP contribution in [0.4, 0.5) is 13.2 Å². The number of benzene rings is 1. The quantitative estimate of drug-likeness (QED) is 0.876. The minimum atomic E-state index is -4.40. The summed E-state index contributed by atoms with van der Waals surface area (Å²) in [6, 6.07) is 5.37. The lowest BCUT2D eigenvalue weighted by Crippen LogP contribution is -2.41. The molecule has 2 atom stereocenters. The molecule has 1 aromatic carbocycles. The van der Waals surface area contributed by atoms with Gasteiger partial charge in [-0.3, -0.25) is 0 Å². The predicted octanol–water partition coefficient (Wildman–Crippen LogP) is 2.31. The largest absolute Gasteiger partial charge is 0.416 e. The molecule has 1 aliphatic heterocycles. The van der Waals surface area contributed by atoms with Crippen LogP contribution in [-0.4, -0.2) is 47.5 Å². The van der Waals surface area contributed by atoms with Gasteiger partial charge in [-0.25, -0.2) is 0 Å². The first-order chi connectivity index (χ1) is 10.4. The molecule has 1 heterocycles. The molecule has 0 aromatic heterocycles. The lowest BCUT2D eigenvalue weighted by atomic mass is 9.97. The molecule has 6 heteroatoms. The Labute approximate surface area is 128 Å². The lowest BCUT2D eigenvalue weighted by Gasteiger charge is -2.33. The molecule has 0 radical (unpaired) electrons. The van der Waals surface area contributed by atoms with Crippen LogP contribution < -0.4 is 0 Å². The maximum absolute atomic E-state index is 12.9. The lowest BCUT2D eigenvalue weighted by molar-refractivity contribution is -0.138. The minimum Gasteiger partial charge on any atom is -0.396 e. The molecule has 2 rings (SSSR count). The fraction of sp³-hybridized carbons (Fsp3) is 0.625. The Balaban J connectivity index is 1.96. The van der Waals surface area contributed by atoms with E-state index in [0.29, 0.717) is 13.1 Å². The molecule has 1 aliphatic rings. The number of piperidine rings is 1. The van der Waals surface area contributed by atoms with Crippen molar-refractivity contribution in [2.75, 3.05) is 26.2 Å². The first-order valence-corrected chi connectivity index (χ1v) is 7.56. The highest BCUT2D eigenvalue weighted by atomic mass is 19.4. The van der Waals surface area contributed by atoms with Crippen molar-refractivity contribution in [2.24, 2.45) is 5.92 Å². The summed E-state index contributed by atoms with van der Waals surface area (Å²) in [5.74, 6) is 0.198. The van der Waals surface area contributed by atoms with E-state index in [9.17, 15) is 23.4 Å². The summed E-state index contributed by atoms with van der Waals surface area (Å²) in [5.41, 5.74) is -0.556. The average Bonchev–Trinajstić information content (AvgIpc) is 2.46. The fourth-order valence-corrected chi connectivity index (χ4v) is 3.06. The highest BCUT2D eigenvalue weighted by Gasteiger charge is 2.33. The summed E-state index contributed by atoms with van der Waals surface area (Å²) in [5, 5.41) is 19.3. The molecule has 1 fully saturated rings. The van der Waals surface area contributed by atoms with Crippen molar-refractivity contribution in [1.29, 1.82) is 0 Å². The van der Waals surface area contributed by atoms with E-state index < -0.39 is 17.8 Å². The highest BCUT2D eigenvalue weighted by Crippen LogP contribution is 2.32. The second kappa shape index (κ2) is 7.44. The molecule has 0 amide bonds. The molecule has 2 N–H and O–H groups in total. The van der Waals surface area contributed by atoms with Crippen molar-refractivity contribution >= 4 is 0 Å². The number of nitrogens with zero attached hydrogens (tertiary/aromatic N) is 1. The van der Waals surface area contributed by atoms with Gasteiger partial charge in [-0.15, -0.1) is 0 Å². The maximum Gasteiger partial charge on any atom is 0.416 e. The zero-order chi connectivity index (χ0) is 16.2. The molecule has 3 nitrogen and oxygen atoms in total. The molecule has 0 unspecified atom stereocenters. The van der Waals surface area contributed by atoms with Crippen molar-refractivity contribution in [3.8, 4) is 0 Å². The van der Waals surface area contributed by atoms with Crippen LogP contribution in [-0.2, 0) is 12.6 Å². The topological polar surface area (TPSA) is 43.7 Å². The van der Waals surface area contributed by atoms with Crippen LogP contribution in [0.2, 0.25) is 0 Å². The van der Waals surface area contributed by atoms with Crippen LogP contribution in [0, 0.1) is 5.92 Å². The Morgan fingerprint density at radius 1 is 1.27 bits per heavy atom. The van der Waals surface area contributed by atoms with E-state index in [2.05, 4.69) is 0 Å². The second-order valence-corrected chi connectivity index (χ2v) is 5.96. The van der Waals surface area contributed by atoms with Crippen LogP contribution in [0.15, 0.2) is 24.3 Å².